The van der Waals surface area contributed by atoms with Crippen LogP contribution in [0.4, 0.5) is 10.5 Å². The molecular formula is C22H32N4O2. The van der Waals surface area contributed by atoms with Crippen LogP contribution in [-0.4, -0.2) is 71.9 Å². The zero-order valence-corrected chi connectivity index (χ0v) is 16.7. The lowest BCUT2D eigenvalue weighted by Crippen LogP contribution is -2.58. The van der Waals surface area contributed by atoms with Crippen molar-refractivity contribution >= 4 is 17.6 Å². The highest BCUT2D eigenvalue weighted by molar-refractivity contribution is 5.89. The summed E-state index contributed by atoms with van der Waals surface area (Å²) >= 11 is 0. The van der Waals surface area contributed by atoms with Gasteiger partial charge in [-0.1, -0.05) is 31.0 Å². The molecule has 1 aromatic rings. The molecule has 1 aliphatic carbocycles. The number of piperazine rings is 1. The molecule has 1 atom stereocenters. The topological polar surface area (TPSA) is 55.9 Å². The molecule has 1 unspecified atom stereocenters. The number of urea groups is 1. The van der Waals surface area contributed by atoms with Gasteiger partial charge >= 0.3 is 6.03 Å². The van der Waals surface area contributed by atoms with Crippen LogP contribution in [0, 0.1) is 5.92 Å². The maximum Gasteiger partial charge on any atom is 0.321 e. The Morgan fingerprint density at radius 2 is 1.46 bits per heavy atom. The summed E-state index contributed by atoms with van der Waals surface area (Å²) in [5.74, 6) is 0.824. The zero-order valence-electron chi connectivity index (χ0n) is 16.7. The maximum absolute atomic E-state index is 13.3. The van der Waals surface area contributed by atoms with Gasteiger partial charge in [-0.3, -0.25) is 9.69 Å². The second kappa shape index (κ2) is 8.95. The van der Waals surface area contributed by atoms with Crippen LogP contribution in [0.15, 0.2) is 30.3 Å². The lowest BCUT2D eigenvalue weighted by molar-refractivity contribution is -0.138. The number of hydrogen-bond donors (Lipinski definition) is 1. The SMILES string of the molecule is O=C(Nc1ccccc1)N1CCN(C(C(=O)N2CCCC2)C2CCCC2)CC1. The smallest absolute Gasteiger partial charge is 0.321 e. The predicted molar refractivity (Wildman–Crippen MR) is 110 cm³/mol. The van der Waals surface area contributed by atoms with Gasteiger partial charge in [-0.15, -0.1) is 0 Å². The van der Waals surface area contributed by atoms with Crippen LogP contribution < -0.4 is 5.32 Å². The summed E-state index contributed by atoms with van der Waals surface area (Å²) in [5.41, 5.74) is 0.822. The van der Waals surface area contributed by atoms with Crippen LogP contribution in [0.3, 0.4) is 0 Å². The first-order valence-corrected chi connectivity index (χ1v) is 10.9. The molecule has 3 fully saturated rings. The number of para-hydroxylation sites is 1. The van der Waals surface area contributed by atoms with Gasteiger partial charge in [0.2, 0.25) is 5.91 Å². The molecule has 152 valence electrons. The number of hydrogen-bond acceptors (Lipinski definition) is 3. The van der Waals surface area contributed by atoms with Crippen LogP contribution in [0.2, 0.25) is 0 Å². The molecule has 6 heteroatoms. The Morgan fingerprint density at radius 1 is 0.821 bits per heavy atom. The monoisotopic (exact) mass is 384 g/mol. The van der Waals surface area contributed by atoms with Crippen LogP contribution in [0.25, 0.3) is 0 Å². The van der Waals surface area contributed by atoms with Crippen LogP contribution in [0.5, 0.6) is 0 Å². The van der Waals surface area contributed by atoms with Crippen LogP contribution in [0.1, 0.15) is 38.5 Å². The van der Waals surface area contributed by atoms with Crippen molar-refractivity contribution in [3.8, 4) is 0 Å². The van der Waals surface area contributed by atoms with E-state index in [0.717, 1.165) is 44.7 Å². The molecule has 0 spiro atoms. The van der Waals surface area contributed by atoms with Gasteiger partial charge in [0.25, 0.3) is 0 Å². The van der Waals surface area contributed by atoms with Gasteiger partial charge in [-0.05, 0) is 43.7 Å². The van der Waals surface area contributed by atoms with Crippen molar-refractivity contribution in [3.63, 3.8) is 0 Å². The standard InChI is InChI=1S/C22H32N4O2/c27-21(25-12-6-7-13-25)20(18-8-4-5-9-18)24-14-16-26(17-15-24)22(28)23-19-10-2-1-3-11-19/h1-3,10-11,18,20H,4-9,12-17H2,(H,23,28). The molecule has 2 aliphatic heterocycles. The van der Waals surface area contributed by atoms with Gasteiger partial charge in [0.05, 0.1) is 6.04 Å². The van der Waals surface area contributed by atoms with Gasteiger partial charge < -0.3 is 15.1 Å². The van der Waals surface area contributed by atoms with Gasteiger partial charge in [0.15, 0.2) is 0 Å². The number of amides is 3. The molecule has 3 amide bonds. The van der Waals surface area contributed by atoms with Gasteiger partial charge in [0, 0.05) is 45.0 Å². The molecule has 4 rings (SSSR count). The average Bonchev–Trinajstić information content (AvgIpc) is 3.44. The normalized spacial score (nSPS) is 22.4. The minimum absolute atomic E-state index is 0.0138. The molecular weight excluding hydrogens is 352 g/mol. The van der Waals surface area contributed by atoms with Crippen molar-refractivity contribution in [2.45, 2.75) is 44.6 Å². The fourth-order valence-electron chi connectivity index (χ4n) is 4.98. The molecule has 0 aromatic heterocycles. The van der Waals surface area contributed by atoms with Crippen molar-refractivity contribution < 1.29 is 9.59 Å². The van der Waals surface area contributed by atoms with Gasteiger partial charge in [-0.2, -0.15) is 0 Å². The first-order valence-electron chi connectivity index (χ1n) is 10.9. The lowest BCUT2D eigenvalue weighted by atomic mass is 9.94. The highest BCUT2D eigenvalue weighted by atomic mass is 16.2. The molecule has 6 nitrogen and oxygen atoms in total. The molecule has 0 radical (unpaired) electrons. The second-order valence-corrected chi connectivity index (χ2v) is 8.34. The number of anilines is 1. The first-order chi connectivity index (χ1) is 13.7. The summed E-state index contributed by atoms with van der Waals surface area (Å²) in [6.07, 6.45) is 7.09. The summed E-state index contributed by atoms with van der Waals surface area (Å²) in [4.78, 5) is 32.2. The molecule has 1 aromatic carbocycles. The van der Waals surface area contributed by atoms with E-state index in [1.807, 2.05) is 35.2 Å². The van der Waals surface area contributed by atoms with Crippen molar-refractivity contribution in [2.24, 2.45) is 5.92 Å². The second-order valence-electron chi connectivity index (χ2n) is 8.34. The first kappa shape index (κ1) is 19.2. The molecule has 1 N–H and O–H groups in total. The van der Waals surface area contributed by atoms with E-state index < -0.39 is 0 Å². The van der Waals surface area contributed by atoms with Crippen molar-refractivity contribution in [3.05, 3.63) is 30.3 Å². The largest absolute Gasteiger partial charge is 0.341 e. The highest BCUT2D eigenvalue weighted by Gasteiger charge is 2.39. The fourth-order valence-corrected chi connectivity index (χ4v) is 4.98. The molecule has 3 aliphatic rings. The molecule has 1 saturated carbocycles. The van der Waals surface area contributed by atoms with E-state index in [1.54, 1.807) is 0 Å². The number of benzene rings is 1. The summed E-state index contributed by atoms with van der Waals surface area (Å²) in [5, 5.41) is 2.97. The molecule has 2 saturated heterocycles. The number of rotatable bonds is 4. The van der Waals surface area contributed by atoms with E-state index >= 15 is 0 Å². The quantitative estimate of drug-likeness (QED) is 0.868. The molecule has 28 heavy (non-hydrogen) atoms. The van der Waals surface area contributed by atoms with Crippen molar-refractivity contribution in [1.82, 2.24) is 14.7 Å². The van der Waals surface area contributed by atoms with Gasteiger partial charge in [0.1, 0.15) is 0 Å². The van der Waals surface area contributed by atoms with Crippen LogP contribution in [-0.2, 0) is 4.79 Å². The minimum atomic E-state index is -0.0471. The summed E-state index contributed by atoms with van der Waals surface area (Å²) in [7, 11) is 0. The third-order valence-corrected chi connectivity index (χ3v) is 6.54. The van der Waals surface area contributed by atoms with Crippen LogP contribution >= 0.6 is 0 Å². The van der Waals surface area contributed by atoms with Crippen molar-refractivity contribution in [1.29, 1.82) is 0 Å². The Labute approximate surface area is 167 Å². The predicted octanol–water partition coefficient (Wildman–Crippen LogP) is 3.02. The van der Waals surface area contributed by atoms with E-state index in [0.29, 0.717) is 24.9 Å². The summed E-state index contributed by atoms with van der Waals surface area (Å²) in [6, 6.07) is 9.55. The average molecular weight is 385 g/mol. The number of carbonyl (C=O) groups is 2. The summed E-state index contributed by atoms with van der Waals surface area (Å²) in [6.45, 7) is 4.75. The molecule has 0 bridgehead atoms. The third-order valence-electron chi connectivity index (χ3n) is 6.54. The highest BCUT2D eigenvalue weighted by Crippen LogP contribution is 2.32. The van der Waals surface area contributed by atoms with E-state index in [1.165, 1.54) is 25.7 Å². The van der Waals surface area contributed by atoms with E-state index in [9.17, 15) is 9.59 Å². The Kier molecular flexibility index (Phi) is 6.15. The summed E-state index contributed by atoms with van der Waals surface area (Å²) < 4.78 is 0. The Balaban J connectivity index is 1.37. The van der Waals surface area contributed by atoms with E-state index in [4.69, 9.17) is 0 Å². The Bertz CT molecular complexity index is 660. The maximum atomic E-state index is 13.3. The third kappa shape index (κ3) is 4.32. The number of nitrogens with zero attached hydrogens (tertiary/aromatic N) is 3. The minimum Gasteiger partial charge on any atom is -0.341 e. The van der Waals surface area contributed by atoms with E-state index in [-0.39, 0.29) is 12.1 Å². The van der Waals surface area contributed by atoms with Crippen molar-refractivity contribution in [2.75, 3.05) is 44.6 Å². The number of likely N-dealkylation sites (tertiary alicyclic amines) is 1. The number of carbonyl (C=O) groups excluding carboxylic acids is 2. The lowest BCUT2D eigenvalue weighted by Gasteiger charge is -2.41. The fraction of sp³-hybridized carbons (Fsp3) is 0.636. The van der Waals surface area contributed by atoms with E-state index in [2.05, 4.69) is 15.1 Å². The zero-order chi connectivity index (χ0) is 19.3. The Hall–Kier alpha value is -2.08. The molecule has 2 heterocycles. The number of nitrogens with one attached hydrogen (secondary N) is 1. The Morgan fingerprint density at radius 3 is 2.11 bits per heavy atom. The van der Waals surface area contributed by atoms with Gasteiger partial charge in [-0.25, -0.2) is 4.79 Å².